The molecule has 0 bridgehead atoms. The van der Waals surface area contributed by atoms with Crippen LogP contribution in [0.5, 0.6) is 11.5 Å². The fourth-order valence-corrected chi connectivity index (χ4v) is 3.79. The van der Waals surface area contributed by atoms with E-state index in [4.69, 9.17) is 14.5 Å². The average molecular weight is 428 g/mol. The van der Waals surface area contributed by atoms with Gasteiger partial charge in [0.05, 0.1) is 0 Å². The van der Waals surface area contributed by atoms with Gasteiger partial charge in [0.2, 0.25) is 6.79 Å². The van der Waals surface area contributed by atoms with Crippen LogP contribution in [0.1, 0.15) is 37.0 Å². The van der Waals surface area contributed by atoms with Gasteiger partial charge in [-0.25, -0.2) is 4.99 Å². The second-order valence-corrected chi connectivity index (χ2v) is 8.09. The van der Waals surface area contributed by atoms with E-state index in [1.807, 2.05) is 24.6 Å². The van der Waals surface area contributed by atoms with E-state index in [1.54, 1.807) is 0 Å². The Morgan fingerprint density at radius 1 is 1.13 bits per heavy atom. The minimum atomic E-state index is 0.318. The molecule has 4 rings (SSSR count). The van der Waals surface area contributed by atoms with E-state index >= 15 is 0 Å². The number of piperazine rings is 1. The fraction of sp³-hybridized carbons (Fsp3) is 0.591. The number of hydrogen-bond acceptors (Lipinski definition) is 6. The molecule has 3 heterocycles. The molecule has 0 unspecified atom stereocenters. The summed E-state index contributed by atoms with van der Waals surface area (Å²) in [5, 5.41) is 11.9. The molecule has 0 saturated carbocycles. The number of aliphatic imine (C=N–C) groups is 1. The quantitative estimate of drug-likeness (QED) is 0.411. The lowest BCUT2D eigenvalue weighted by atomic mass is 10.1. The van der Waals surface area contributed by atoms with E-state index in [1.165, 1.54) is 5.56 Å². The first kappa shape index (κ1) is 21.4. The number of nitrogens with one attached hydrogen (secondary N) is 1. The van der Waals surface area contributed by atoms with E-state index in [0.29, 0.717) is 13.3 Å². The Bertz CT molecular complexity index is 903. The van der Waals surface area contributed by atoms with Crippen molar-refractivity contribution in [2.45, 2.75) is 39.8 Å². The number of ether oxygens (including phenoxy) is 2. The van der Waals surface area contributed by atoms with E-state index < -0.39 is 0 Å². The molecule has 1 fully saturated rings. The molecule has 0 radical (unpaired) electrons. The molecule has 2 aliphatic rings. The molecular formula is C22H33N7O2. The zero-order valence-electron chi connectivity index (χ0n) is 18.8. The van der Waals surface area contributed by atoms with Crippen LogP contribution in [0.15, 0.2) is 23.2 Å². The van der Waals surface area contributed by atoms with Gasteiger partial charge in [0.1, 0.15) is 12.4 Å². The van der Waals surface area contributed by atoms with Crippen molar-refractivity contribution < 1.29 is 9.47 Å². The summed E-state index contributed by atoms with van der Waals surface area (Å²) < 4.78 is 12.9. The van der Waals surface area contributed by atoms with Gasteiger partial charge < -0.3 is 24.3 Å². The summed E-state index contributed by atoms with van der Waals surface area (Å²) in [5.41, 5.74) is 1.25. The van der Waals surface area contributed by atoms with Gasteiger partial charge in [0, 0.05) is 46.3 Å². The molecule has 1 saturated heterocycles. The Morgan fingerprint density at radius 2 is 1.94 bits per heavy atom. The molecule has 1 aromatic carbocycles. The van der Waals surface area contributed by atoms with Crippen LogP contribution >= 0.6 is 0 Å². The van der Waals surface area contributed by atoms with Crippen LogP contribution < -0.4 is 14.8 Å². The summed E-state index contributed by atoms with van der Waals surface area (Å²) in [5.74, 6) is 4.45. The number of guanidine groups is 1. The van der Waals surface area contributed by atoms with Crippen molar-refractivity contribution in [3.8, 4) is 11.5 Å². The molecule has 1 aromatic heterocycles. The number of benzene rings is 1. The highest BCUT2D eigenvalue weighted by Gasteiger charge is 2.21. The summed E-state index contributed by atoms with van der Waals surface area (Å²) in [6.07, 6.45) is 2.29. The summed E-state index contributed by atoms with van der Waals surface area (Å²) in [4.78, 5) is 9.70. The Morgan fingerprint density at radius 3 is 2.68 bits per heavy atom. The maximum Gasteiger partial charge on any atom is 0.231 e. The van der Waals surface area contributed by atoms with Gasteiger partial charge >= 0.3 is 0 Å². The SMILES string of the molecule is CCCCNC(=NCc1nnc(C)n1C)N1CCN(Cc2ccc3c(c2)OCO3)CC1. The van der Waals surface area contributed by atoms with Crippen molar-refractivity contribution in [1.29, 1.82) is 0 Å². The van der Waals surface area contributed by atoms with Crippen molar-refractivity contribution in [2.24, 2.45) is 12.0 Å². The monoisotopic (exact) mass is 427 g/mol. The Kier molecular flexibility index (Phi) is 6.91. The van der Waals surface area contributed by atoms with Gasteiger partial charge in [-0.15, -0.1) is 10.2 Å². The fourth-order valence-electron chi connectivity index (χ4n) is 3.79. The van der Waals surface area contributed by atoms with E-state index in [0.717, 1.165) is 81.2 Å². The van der Waals surface area contributed by atoms with Gasteiger partial charge in [-0.05, 0) is 31.0 Å². The number of fused-ring (bicyclic) bond motifs is 1. The number of hydrogen-bond donors (Lipinski definition) is 1. The molecule has 0 amide bonds. The van der Waals surface area contributed by atoms with Crippen molar-refractivity contribution in [2.75, 3.05) is 39.5 Å². The molecule has 2 aromatic rings. The molecule has 0 aliphatic carbocycles. The molecular weight excluding hydrogens is 394 g/mol. The summed E-state index contributed by atoms with van der Waals surface area (Å²) in [7, 11) is 1.99. The molecule has 9 heteroatoms. The van der Waals surface area contributed by atoms with E-state index in [9.17, 15) is 0 Å². The predicted molar refractivity (Wildman–Crippen MR) is 119 cm³/mol. The summed E-state index contributed by atoms with van der Waals surface area (Å²) in [6, 6.07) is 6.23. The maximum atomic E-state index is 5.51. The zero-order chi connectivity index (χ0) is 21.6. The van der Waals surface area contributed by atoms with Crippen molar-refractivity contribution in [1.82, 2.24) is 29.9 Å². The molecule has 2 aliphatic heterocycles. The van der Waals surface area contributed by atoms with Crippen LogP contribution in [0, 0.1) is 6.92 Å². The topological polar surface area (TPSA) is 80.0 Å². The standard InChI is InChI=1S/C22H33N7O2/c1-4-5-8-23-22(24-14-21-26-25-17(2)27(21)3)29-11-9-28(10-12-29)15-18-6-7-19-20(13-18)31-16-30-19/h6-7,13H,4-5,8-12,14-16H2,1-3H3,(H,23,24). The molecule has 0 atom stereocenters. The van der Waals surface area contributed by atoms with Gasteiger partial charge in [0.15, 0.2) is 23.3 Å². The minimum Gasteiger partial charge on any atom is -0.454 e. The van der Waals surface area contributed by atoms with Crippen molar-refractivity contribution in [3.63, 3.8) is 0 Å². The lowest BCUT2D eigenvalue weighted by molar-refractivity contribution is 0.171. The first-order chi connectivity index (χ1) is 15.1. The number of nitrogens with zero attached hydrogens (tertiary/aromatic N) is 6. The van der Waals surface area contributed by atoms with Gasteiger partial charge in [-0.2, -0.15) is 0 Å². The summed E-state index contributed by atoms with van der Waals surface area (Å²) in [6.45, 7) is 10.7. The Hall–Kier alpha value is -2.81. The molecule has 31 heavy (non-hydrogen) atoms. The first-order valence-electron chi connectivity index (χ1n) is 11.1. The number of unbranched alkanes of at least 4 members (excludes halogenated alkanes) is 1. The van der Waals surface area contributed by atoms with Gasteiger partial charge in [0.25, 0.3) is 0 Å². The highest BCUT2D eigenvalue weighted by molar-refractivity contribution is 5.80. The van der Waals surface area contributed by atoms with Crippen LogP contribution in [-0.4, -0.2) is 70.0 Å². The van der Waals surface area contributed by atoms with Gasteiger partial charge in [-0.1, -0.05) is 19.4 Å². The first-order valence-corrected chi connectivity index (χ1v) is 11.1. The lowest BCUT2D eigenvalue weighted by Gasteiger charge is -2.36. The minimum absolute atomic E-state index is 0.318. The highest BCUT2D eigenvalue weighted by Crippen LogP contribution is 2.32. The largest absolute Gasteiger partial charge is 0.454 e. The second kappa shape index (κ2) is 10.00. The lowest BCUT2D eigenvalue weighted by Crippen LogP contribution is -2.52. The number of aromatic nitrogens is 3. The van der Waals surface area contributed by atoms with Crippen LogP contribution in [0.25, 0.3) is 0 Å². The smallest absolute Gasteiger partial charge is 0.231 e. The van der Waals surface area contributed by atoms with Gasteiger partial charge in [-0.3, -0.25) is 4.90 Å². The highest BCUT2D eigenvalue weighted by atomic mass is 16.7. The normalized spacial score (nSPS) is 16.7. The van der Waals surface area contributed by atoms with Crippen molar-refractivity contribution >= 4 is 5.96 Å². The Labute approximate surface area is 184 Å². The van der Waals surface area contributed by atoms with E-state index in [2.05, 4.69) is 44.4 Å². The number of aryl methyl sites for hydroxylation is 1. The van der Waals surface area contributed by atoms with Crippen LogP contribution in [0.4, 0.5) is 0 Å². The zero-order valence-corrected chi connectivity index (χ0v) is 18.8. The van der Waals surface area contributed by atoms with E-state index in [-0.39, 0.29) is 0 Å². The molecule has 1 N–H and O–H groups in total. The predicted octanol–water partition coefficient (Wildman–Crippen LogP) is 1.92. The maximum absolute atomic E-state index is 5.51. The molecule has 9 nitrogen and oxygen atoms in total. The number of rotatable bonds is 7. The third kappa shape index (κ3) is 5.28. The third-order valence-electron chi connectivity index (χ3n) is 5.88. The van der Waals surface area contributed by atoms with Crippen LogP contribution in [0.2, 0.25) is 0 Å². The average Bonchev–Trinajstić information content (AvgIpc) is 3.38. The van der Waals surface area contributed by atoms with Crippen molar-refractivity contribution in [3.05, 3.63) is 35.4 Å². The third-order valence-corrected chi connectivity index (χ3v) is 5.88. The van der Waals surface area contributed by atoms with Crippen LogP contribution in [-0.2, 0) is 20.1 Å². The second-order valence-electron chi connectivity index (χ2n) is 8.09. The summed E-state index contributed by atoms with van der Waals surface area (Å²) >= 11 is 0. The Balaban J connectivity index is 1.35. The van der Waals surface area contributed by atoms with Crippen LogP contribution in [0.3, 0.4) is 0 Å². The molecule has 0 spiro atoms. The molecule has 168 valence electrons.